The first-order valence-corrected chi connectivity index (χ1v) is 12.0. The van der Waals surface area contributed by atoms with Gasteiger partial charge in [0.2, 0.25) is 0 Å². The number of hydrogen-bond donors (Lipinski definition) is 2. The van der Waals surface area contributed by atoms with E-state index in [1.165, 1.54) is 12.1 Å². The lowest BCUT2D eigenvalue weighted by atomic mass is 10.00. The standard InChI is InChI=1S/C29H32FNO7/c1-29(2,3)38-28(34)31-24(25(32)27(33)35-4)21-15-16-22(36-17-19-11-7-5-8-12-19)26(23(21)30)37-18-20-13-9-6-10-14-20/h5-16,24-25,32H,17-18H2,1-4H3,(H,31,34)/t24-,25+/m1/s1. The molecule has 38 heavy (non-hydrogen) atoms. The Hall–Kier alpha value is -4.11. The van der Waals surface area contributed by atoms with E-state index in [0.29, 0.717) is 0 Å². The summed E-state index contributed by atoms with van der Waals surface area (Å²) in [5.41, 5.74) is 0.549. The number of nitrogens with one attached hydrogen (secondary N) is 1. The van der Waals surface area contributed by atoms with Crippen molar-refractivity contribution < 1.29 is 38.0 Å². The lowest BCUT2D eigenvalue weighted by Crippen LogP contribution is -2.43. The smallest absolute Gasteiger partial charge is 0.408 e. The molecule has 8 nitrogen and oxygen atoms in total. The highest BCUT2D eigenvalue weighted by atomic mass is 19.1. The molecule has 9 heteroatoms. The summed E-state index contributed by atoms with van der Waals surface area (Å²) >= 11 is 0. The molecule has 0 spiro atoms. The Labute approximate surface area is 221 Å². The second-order valence-electron chi connectivity index (χ2n) is 9.44. The number of rotatable bonds is 10. The maximum absolute atomic E-state index is 16.1. The first-order valence-electron chi connectivity index (χ1n) is 12.0. The fourth-order valence-corrected chi connectivity index (χ4v) is 3.53. The SMILES string of the molecule is COC(=O)[C@@H](O)[C@H](NC(=O)OC(C)(C)C)c1ccc(OCc2ccccc2)c(OCc2ccccc2)c1F. The van der Waals surface area contributed by atoms with Gasteiger partial charge in [-0.2, -0.15) is 0 Å². The number of alkyl carbamates (subject to hydrolysis) is 1. The molecule has 3 aromatic rings. The molecule has 1 amide bonds. The van der Waals surface area contributed by atoms with E-state index in [4.69, 9.17) is 14.2 Å². The molecule has 0 unspecified atom stereocenters. The van der Waals surface area contributed by atoms with Crippen molar-refractivity contribution in [3.63, 3.8) is 0 Å². The second-order valence-corrected chi connectivity index (χ2v) is 9.44. The summed E-state index contributed by atoms with van der Waals surface area (Å²) in [6.07, 6.45) is -2.89. The van der Waals surface area contributed by atoms with Crippen molar-refractivity contribution in [3.8, 4) is 11.5 Å². The topological polar surface area (TPSA) is 103 Å². The van der Waals surface area contributed by atoms with Crippen LogP contribution in [-0.4, -0.2) is 36.0 Å². The van der Waals surface area contributed by atoms with Crippen molar-refractivity contribution in [1.29, 1.82) is 0 Å². The van der Waals surface area contributed by atoms with Crippen LogP contribution in [0.2, 0.25) is 0 Å². The number of amides is 1. The number of ether oxygens (including phenoxy) is 4. The first-order chi connectivity index (χ1) is 18.1. The van der Waals surface area contributed by atoms with Gasteiger partial charge in [0.15, 0.2) is 23.4 Å². The summed E-state index contributed by atoms with van der Waals surface area (Å²) < 4.78 is 37.7. The Morgan fingerprint density at radius 1 is 0.895 bits per heavy atom. The molecule has 2 N–H and O–H groups in total. The number of benzene rings is 3. The van der Waals surface area contributed by atoms with Crippen molar-refractivity contribution in [2.24, 2.45) is 0 Å². The number of halogens is 1. The van der Waals surface area contributed by atoms with Gasteiger partial charge in [0.05, 0.1) is 13.2 Å². The van der Waals surface area contributed by atoms with E-state index in [2.05, 4.69) is 10.1 Å². The minimum atomic E-state index is -1.93. The quantitative estimate of drug-likeness (QED) is 0.356. The van der Waals surface area contributed by atoms with Crippen LogP contribution in [0.25, 0.3) is 0 Å². The molecule has 0 saturated heterocycles. The average molecular weight is 526 g/mol. The van der Waals surface area contributed by atoms with Gasteiger partial charge in [-0.05, 0) is 44.0 Å². The summed E-state index contributed by atoms with van der Waals surface area (Å²) in [5.74, 6) is -2.12. The van der Waals surface area contributed by atoms with Gasteiger partial charge in [-0.3, -0.25) is 0 Å². The molecule has 0 aliphatic heterocycles. The Morgan fingerprint density at radius 2 is 1.45 bits per heavy atom. The zero-order chi connectivity index (χ0) is 27.7. The first kappa shape index (κ1) is 28.5. The van der Waals surface area contributed by atoms with Crippen LogP contribution in [0.15, 0.2) is 72.8 Å². The number of aliphatic hydroxyl groups is 1. The van der Waals surface area contributed by atoms with Crippen LogP contribution in [0.4, 0.5) is 9.18 Å². The largest absolute Gasteiger partial charge is 0.485 e. The van der Waals surface area contributed by atoms with Crippen LogP contribution >= 0.6 is 0 Å². The number of esters is 1. The maximum Gasteiger partial charge on any atom is 0.408 e. The molecular weight excluding hydrogens is 493 g/mol. The van der Waals surface area contributed by atoms with Crippen LogP contribution in [0, 0.1) is 5.82 Å². The fourth-order valence-electron chi connectivity index (χ4n) is 3.53. The molecule has 0 aliphatic carbocycles. The molecule has 3 rings (SSSR count). The zero-order valence-electron chi connectivity index (χ0n) is 21.8. The van der Waals surface area contributed by atoms with Gasteiger partial charge in [0.25, 0.3) is 0 Å². The summed E-state index contributed by atoms with van der Waals surface area (Å²) in [6.45, 7) is 5.10. The molecule has 0 radical (unpaired) electrons. The molecule has 0 saturated carbocycles. The fraction of sp³-hybridized carbons (Fsp3) is 0.310. The summed E-state index contributed by atoms with van der Waals surface area (Å²) in [5, 5.41) is 13.0. The van der Waals surface area contributed by atoms with Crippen molar-refractivity contribution >= 4 is 12.1 Å². The van der Waals surface area contributed by atoms with Crippen molar-refractivity contribution in [2.45, 2.75) is 51.7 Å². The van der Waals surface area contributed by atoms with Gasteiger partial charge in [-0.15, -0.1) is 0 Å². The Balaban J connectivity index is 1.99. The van der Waals surface area contributed by atoms with Gasteiger partial charge < -0.3 is 29.4 Å². The van der Waals surface area contributed by atoms with E-state index in [-0.39, 0.29) is 30.3 Å². The molecule has 2 atom stereocenters. The highest BCUT2D eigenvalue weighted by Gasteiger charge is 2.35. The van der Waals surface area contributed by atoms with E-state index in [1.807, 2.05) is 60.7 Å². The number of methoxy groups -OCH3 is 1. The average Bonchev–Trinajstić information content (AvgIpc) is 2.89. The van der Waals surface area contributed by atoms with E-state index >= 15 is 4.39 Å². The predicted octanol–water partition coefficient (Wildman–Crippen LogP) is 5.08. The van der Waals surface area contributed by atoms with E-state index in [1.54, 1.807) is 20.8 Å². The molecule has 0 fully saturated rings. The van der Waals surface area contributed by atoms with Gasteiger partial charge >= 0.3 is 12.1 Å². The molecule has 0 aliphatic rings. The highest BCUT2D eigenvalue weighted by Crippen LogP contribution is 2.37. The van der Waals surface area contributed by atoms with E-state index in [9.17, 15) is 14.7 Å². The van der Waals surface area contributed by atoms with Crippen molar-refractivity contribution in [2.75, 3.05) is 7.11 Å². The van der Waals surface area contributed by atoms with Gasteiger partial charge in [-0.25, -0.2) is 14.0 Å². The molecule has 0 bridgehead atoms. The van der Waals surface area contributed by atoms with Crippen molar-refractivity contribution in [1.82, 2.24) is 5.32 Å². The minimum Gasteiger partial charge on any atom is -0.485 e. The van der Waals surface area contributed by atoms with E-state index < -0.39 is 35.6 Å². The highest BCUT2D eigenvalue weighted by molar-refractivity contribution is 5.77. The Kier molecular flexibility index (Phi) is 9.67. The molecule has 3 aromatic carbocycles. The lowest BCUT2D eigenvalue weighted by molar-refractivity contribution is -0.152. The van der Waals surface area contributed by atoms with Gasteiger partial charge in [0.1, 0.15) is 18.8 Å². The summed E-state index contributed by atoms with van der Waals surface area (Å²) in [4.78, 5) is 24.7. The van der Waals surface area contributed by atoms with Gasteiger partial charge in [-0.1, -0.05) is 60.7 Å². The molecule has 0 aromatic heterocycles. The minimum absolute atomic E-state index is 0.0205. The number of carbonyl (C=O) groups excluding carboxylic acids is 2. The predicted molar refractivity (Wildman–Crippen MR) is 138 cm³/mol. The summed E-state index contributed by atoms with van der Waals surface area (Å²) in [6, 6.07) is 19.7. The van der Waals surface area contributed by atoms with Gasteiger partial charge in [0, 0.05) is 5.56 Å². The van der Waals surface area contributed by atoms with Crippen LogP contribution < -0.4 is 14.8 Å². The lowest BCUT2D eigenvalue weighted by Gasteiger charge is -2.27. The number of carbonyl (C=O) groups is 2. The third-order valence-electron chi connectivity index (χ3n) is 5.32. The number of hydrogen-bond acceptors (Lipinski definition) is 7. The van der Waals surface area contributed by atoms with Crippen LogP contribution in [0.5, 0.6) is 11.5 Å². The summed E-state index contributed by atoms with van der Waals surface area (Å²) in [7, 11) is 1.07. The van der Waals surface area contributed by atoms with Crippen LogP contribution in [0.3, 0.4) is 0 Å². The number of aliphatic hydroxyl groups excluding tert-OH is 1. The molecular formula is C29H32FNO7. The van der Waals surface area contributed by atoms with Crippen molar-refractivity contribution in [3.05, 3.63) is 95.3 Å². The Bertz CT molecular complexity index is 1210. The third kappa shape index (κ3) is 7.94. The van der Waals surface area contributed by atoms with E-state index in [0.717, 1.165) is 18.2 Å². The van der Waals surface area contributed by atoms with Crippen LogP contribution in [-0.2, 0) is 27.5 Å². The Morgan fingerprint density at radius 3 is 1.97 bits per heavy atom. The monoisotopic (exact) mass is 525 g/mol. The van der Waals surface area contributed by atoms with Crippen LogP contribution in [0.1, 0.15) is 43.5 Å². The molecule has 0 heterocycles. The molecule has 202 valence electrons. The normalized spacial score (nSPS) is 12.7. The zero-order valence-corrected chi connectivity index (χ0v) is 21.8. The second kappa shape index (κ2) is 12.9. The maximum atomic E-state index is 16.1. The third-order valence-corrected chi connectivity index (χ3v) is 5.32.